The number of nitrogens with one attached hydrogen (secondary N) is 1. The molecule has 0 aliphatic heterocycles. The van der Waals surface area contributed by atoms with Crippen LogP contribution in [0.2, 0.25) is 0 Å². The fourth-order valence-corrected chi connectivity index (χ4v) is 3.18. The van der Waals surface area contributed by atoms with E-state index in [0.29, 0.717) is 16.9 Å². The largest absolute Gasteiger partial charge is 0.493 e. The molecule has 0 aliphatic rings. The molecule has 29 heavy (non-hydrogen) atoms. The quantitative estimate of drug-likeness (QED) is 0.388. The molecule has 0 fully saturated rings. The summed E-state index contributed by atoms with van der Waals surface area (Å²) in [6.45, 7) is -0.165. The number of ether oxygens (including phenoxy) is 1. The minimum Gasteiger partial charge on any atom is -0.493 e. The van der Waals surface area contributed by atoms with E-state index in [2.05, 4.69) is 10.5 Å². The van der Waals surface area contributed by atoms with Crippen molar-refractivity contribution >= 4 is 40.0 Å². The lowest BCUT2D eigenvalue weighted by Gasteiger charge is -1.99. The van der Waals surface area contributed by atoms with Crippen LogP contribution in [0.15, 0.2) is 64.2 Å². The average Bonchev–Trinajstić information content (AvgIpc) is 3.30. The number of hydrogen-bond donors (Lipinski definition) is 2. The van der Waals surface area contributed by atoms with Crippen LogP contribution in [0.4, 0.5) is 0 Å². The monoisotopic (exact) mass is 391 g/mol. The fraction of sp³-hybridized carbons (Fsp3) is 0.0952. The summed E-state index contributed by atoms with van der Waals surface area (Å²) in [5.41, 5.74) is 4.38. The Labute approximate surface area is 165 Å². The Hall–Kier alpha value is -4.07. The Bertz CT molecular complexity index is 1250. The van der Waals surface area contributed by atoms with E-state index in [1.165, 1.54) is 13.3 Å². The van der Waals surface area contributed by atoms with E-state index in [0.717, 1.165) is 16.3 Å². The van der Waals surface area contributed by atoms with Crippen molar-refractivity contribution in [1.82, 2.24) is 9.99 Å². The lowest BCUT2D eigenvalue weighted by molar-refractivity contribution is -0.137. The van der Waals surface area contributed by atoms with Gasteiger partial charge in [-0.3, -0.25) is 9.59 Å². The number of aromatic nitrogens is 1. The number of carbonyl (C=O) groups is 2. The summed E-state index contributed by atoms with van der Waals surface area (Å²) in [5.74, 6) is -0.803. The number of fused-ring (bicyclic) bond motifs is 2. The van der Waals surface area contributed by atoms with Gasteiger partial charge in [-0.05, 0) is 18.2 Å². The second kappa shape index (κ2) is 7.51. The molecule has 1 amide bonds. The molecule has 0 radical (unpaired) electrons. The summed E-state index contributed by atoms with van der Waals surface area (Å²) in [6, 6.07) is 14.4. The van der Waals surface area contributed by atoms with Crippen molar-refractivity contribution in [2.24, 2.45) is 5.10 Å². The highest BCUT2D eigenvalue weighted by Crippen LogP contribution is 2.28. The van der Waals surface area contributed by atoms with Gasteiger partial charge in [0.2, 0.25) is 0 Å². The number of para-hydroxylation sites is 2. The molecule has 2 heterocycles. The third-order valence-electron chi connectivity index (χ3n) is 4.45. The SMILES string of the molecule is COc1cccc2cc(C(=O)NN=Cc3cn(CC(=O)O)c4ccccc34)oc12. The van der Waals surface area contributed by atoms with Gasteiger partial charge in [-0.2, -0.15) is 5.10 Å². The molecule has 8 nitrogen and oxygen atoms in total. The molecule has 4 rings (SSSR count). The van der Waals surface area contributed by atoms with Crippen LogP contribution in [0.25, 0.3) is 21.9 Å². The van der Waals surface area contributed by atoms with E-state index in [9.17, 15) is 9.59 Å². The Kier molecular flexibility index (Phi) is 4.74. The zero-order valence-electron chi connectivity index (χ0n) is 15.5. The van der Waals surface area contributed by atoms with Crippen molar-refractivity contribution in [2.45, 2.75) is 6.54 Å². The van der Waals surface area contributed by atoms with Crippen LogP contribution >= 0.6 is 0 Å². The Morgan fingerprint density at radius 1 is 1.24 bits per heavy atom. The number of carboxylic acids is 1. The maximum absolute atomic E-state index is 12.4. The summed E-state index contributed by atoms with van der Waals surface area (Å²) in [4.78, 5) is 23.4. The predicted octanol–water partition coefficient (Wildman–Crippen LogP) is 3.24. The van der Waals surface area contributed by atoms with E-state index in [-0.39, 0.29) is 12.3 Å². The highest BCUT2D eigenvalue weighted by Gasteiger charge is 2.14. The van der Waals surface area contributed by atoms with E-state index in [1.807, 2.05) is 36.4 Å². The summed E-state index contributed by atoms with van der Waals surface area (Å²) in [6.07, 6.45) is 3.16. The maximum atomic E-state index is 12.4. The maximum Gasteiger partial charge on any atom is 0.323 e. The van der Waals surface area contributed by atoms with E-state index in [1.54, 1.807) is 22.9 Å². The molecule has 0 bridgehead atoms. The smallest absolute Gasteiger partial charge is 0.323 e. The number of methoxy groups -OCH3 is 1. The topological polar surface area (TPSA) is 106 Å². The highest BCUT2D eigenvalue weighted by atomic mass is 16.5. The van der Waals surface area contributed by atoms with Crippen molar-refractivity contribution in [3.8, 4) is 5.75 Å². The molecule has 0 saturated heterocycles. The molecular weight excluding hydrogens is 374 g/mol. The van der Waals surface area contributed by atoms with Gasteiger partial charge in [0.25, 0.3) is 0 Å². The summed E-state index contributed by atoms with van der Waals surface area (Å²) in [5, 5.41) is 14.7. The van der Waals surface area contributed by atoms with Gasteiger partial charge in [0, 0.05) is 28.0 Å². The third-order valence-corrected chi connectivity index (χ3v) is 4.45. The first-order chi connectivity index (χ1) is 14.1. The van der Waals surface area contributed by atoms with E-state index < -0.39 is 11.9 Å². The van der Waals surface area contributed by atoms with E-state index in [4.69, 9.17) is 14.3 Å². The van der Waals surface area contributed by atoms with Crippen molar-refractivity contribution in [1.29, 1.82) is 0 Å². The molecule has 0 aliphatic carbocycles. The standard InChI is InChI=1S/C21H17N3O5/c1-28-17-8-4-5-13-9-18(29-20(13)17)21(27)23-22-10-14-11-24(12-19(25)26)16-7-3-2-6-15(14)16/h2-11H,12H2,1H3,(H,23,27)(H,25,26). The number of hydrazone groups is 1. The van der Waals surface area contributed by atoms with Crippen LogP contribution in [0, 0.1) is 0 Å². The second-order valence-electron chi connectivity index (χ2n) is 6.31. The van der Waals surface area contributed by atoms with Crippen LogP contribution < -0.4 is 10.2 Å². The summed E-state index contributed by atoms with van der Waals surface area (Å²) >= 11 is 0. The lowest BCUT2D eigenvalue weighted by Crippen LogP contribution is -2.16. The number of benzene rings is 2. The Morgan fingerprint density at radius 3 is 2.86 bits per heavy atom. The molecule has 0 atom stereocenters. The number of carbonyl (C=O) groups excluding carboxylic acids is 1. The number of hydrogen-bond acceptors (Lipinski definition) is 5. The summed E-state index contributed by atoms with van der Waals surface area (Å²) in [7, 11) is 1.53. The summed E-state index contributed by atoms with van der Waals surface area (Å²) < 4.78 is 12.4. The first-order valence-corrected chi connectivity index (χ1v) is 8.76. The number of nitrogens with zero attached hydrogens (tertiary/aromatic N) is 2. The predicted molar refractivity (Wildman–Crippen MR) is 107 cm³/mol. The van der Waals surface area contributed by atoms with Gasteiger partial charge >= 0.3 is 11.9 Å². The van der Waals surface area contributed by atoms with Crippen LogP contribution in [0.3, 0.4) is 0 Å². The molecule has 0 unspecified atom stereocenters. The number of rotatable bonds is 6. The molecule has 2 aromatic carbocycles. The van der Waals surface area contributed by atoms with E-state index >= 15 is 0 Å². The number of aliphatic carboxylic acids is 1. The van der Waals surface area contributed by atoms with Crippen LogP contribution in [0.1, 0.15) is 16.1 Å². The van der Waals surface area contributed by atoms with Gasteiger partial charge < -0.3 is 18.8 Å². The molecule has 0 spiro atoms. The number of carboxylic acid groups (broad SMARTS) is 1. The second-order valence-corrected chi connectivity index (χ2v) is 6.31. The fourth-order valence-electron chi connectivity index (χ4n) is 3.18. The van der Waals surface area contributed by atoms with Crippen LogP contribution in [0.5, 0.6) is 5.75 Å². The number of furan rings is 1. The zero-order valence-corrected chi connectivity index (χ0v) is 15.5. The van der Waals surface area contributed by atoms with Gasteiger partial charge in [-0.15, -0.1) is 0 Å². The van der Waals surface area contributed by atoms with Crippen LogP contribution in [-0.2, 0) is 11.3 Å². The molecule has 4 aromatic rings. The number of amides is 1. The normalized spacial score (nSPS) is 11.3. The zero-order chi connectivity index (χ0) is 20.4. The molecule has 8 heteroatoms. The van der Waals surface area contributed by atoms with Crippen LogP contribution in [-0.4, -0.2) is 34.9 Å². The Balaban J connectivity index is 1.56. The van der Waals surface area contributed by atoms with Crippen molar-refractivity contribution in [3.63, 3.8) is 0 Å². The first kappa shape index (κ1) is 18.3. The minimum atomic E-state index is -0.942. The minimum absolute atomic E-state index is 0.106. The molecule has 0 saturated carbocycles. The molecule has 2 aromatic heterocycles. The lowest BCUT2D eigenvalue weighted by atomic mass is 10.2. The van der Waals surface area contributed by atoms with Crippen molar-refractivity contribution < 1.29 is 23.8 Å². The van der Waals surface area contributed by atoms with Gasteiger partial charge in [0.15, 0.2) is 17.1 Å². The molecular formula is C21H17N3O5. The van der Waals surface area contributed by atoms with Gasteiger partial charge in [0.05, 0.1) is 13.3 Å². The van der Waals surface area contributed by atoms with Gasteiger partial charge in [-0.25, -0.2) is 5.43 Å². The average molecular weight is 391 g/mol. The van der Waals surface area contributed by atoms with Crippen molar-refractivity contribution in [2.75, 3.05) is 7.11 Å². The first-order valence-electron chi connectivity index (χ1n) is 8.76. The van der Waals surface area contributed by atoms with Crippen molar-refractivity contribution in [3.05, 3.63) is 66.1 Å². The highest BCUT2D eigenvalue weighted by molar-refractivity contribution is 6.01. The van der Waals surface area contributed by atoms with Gasteiger partial charge in [0.1, 0.15) is 6.54 Å². The molecule has 2 N–H and O–H groups in total. The Morgan fingerprint density at radius 2 is 2.07 bits per heavy atom. The third kappa shape index (κ3) is 3.55. The molecule has 146 valence electrons. The van der Waals surface area contributed by atoms with Gasteiger partial charge in [-0.1, -0.05) is 30.3 Å².